The number of nitro benzene ring substituents is 1. The maximum absolute atomic E-state index is 12.0. The molecule has 1 aromatic heterocycles. The first-order valence-corrected chi connectivity index (χ1v) is 6.09. The van der Waals surface area contributed by atoms with Gasteiger partial charge in [-0.1, -0.05) is 0 Å². The van der Waals surface area contributed by atoms with Gasteiger partial charge in [0.1, 0.15) is 5.82 Å². The van der Waals surface area contributed by atoms with E-state index in [2.05, 4.69) is 15.3 Å². The zero-order valence-corrected chi connectivity index (χ0v) is 10.9. The number of H-pyrrole nitrogens is 1. The number of non-ortho nitro benzene ring substituents is 1. The molecule has 0 saturated heterocycles. The number of nitrogens with one attached hydrogen (secondary N) is 2. The van der Waals surface area contributed by atoms with Crippen LogP contribution in [0.1, 0.15) is 21.7 Å². The van der Waals surface area contributed by atoms with Gasteiger partial charge < -0.3 is 10.3 Å². The first kappa shape index (κ1) is 13.7. The summed E-state index contributed by atoms with van der Waals surface area (Å²) in [6.45, 7) is 2.12. The first-order chi connectivity index (χ1) is 9.58. The molecule has 0 atom stereocenters. The van der Waals surface area contributed by atoms with Crippen LogP contribution < -0.4 is 5.32 Å². The second kappa shape index (κ2) is 5.96. The third-order valence-electron chi connectivity index (χ3n) is 2.87. The molecule has 0 spiro atoms. The van der Waals surface area contributed by atoms with Crippen LogP contribution in [0.5, 0.6) is 0 Å². The Labute approximate surface area is 115 Å². The number of aryl methyl sites for hydroxylation is 1. The van der Waals surface area contributed by atoms with E-state index < -0.39 is 4.92 Å². The minimum Gasteiger partial charge on any atom is -0.352 e. The fourth-order valence-corrected chi connectivity index (χ4v) is 1.84. The van der Waals surface area contributed by atoms with Gasteiger partial charge >= 0.3 is 0 Å². The van der Waals surface area contributed by atoms with Gasteiger partial charge in [-0.3, -0.25) is 14.9 Å². The molecule has 0 aliphatic rings. The maximum Gasteiger partial charge on any atom is 0.269 e. The fraction of sp³-hybridized carbons (Fsp3) is 0.231. The highest BCUT2D eigenvalue weighted by atomic mass is 16.6. The van der Waals surface area contributed by atoms with E-state index in [4.69, 9.17) is 0 Å². The number of nitro groups is 1. The Morgan fingerprint density at radius 1 is 1.50 bits per heavy atom. The molecule has 1 amide bonds. The van der Waals surface area contributed by atoms with Crippen LogP contribution in [0.2, 0.25) is 0 Å². The molecule has 2 aromatic rings. The summed E-state index contributed by atoms with van der Waals surface area (Å²) in [5.41, 5.74) is 0.999. The van der Waals surface area contributed by atoms with Gasteiger partial charge in [0.05, 0.1) is 4.92 Å². The number of benzene rings is 1. The molecule has 2 N–H and O–H groups in total. The SMILES string of the molecule is Cc1cc([N+](=O)[O-])ccc1C(=O)NCCc1ncc[nH]1. The van der Waals surface area contributed by atoms with Crippen LogP contribution in [0.25, 0.3) is 0 Å². The lowest BCUT2D eigenvalue weighted by atomic mass is 10.1. The van der Waals surface area contributed by atoms with Crippen LogP contribution in [-0.2, 0) is 6.42 Å². The van der Waals surface area contributed by atoms with Crippen molar-refractivity contribution in [3.8, 4) is 0 Å². The van der Waals surface area contributed by atoms with Crippen molar-refractivity contribution >= 4 is 11.6 Å². The van der Waals surface area contributed by atoms with Crippen LogP contribution >= 0.6 is 0 Å². The van der Waals surface area contributed by atoms with E-state index in [9.17, 15) is 14.9 Å². The average Bonchev–Trinajstić information content (AvgIpc) is 2.91. The smallest absolute Gasteiger partial charge is 0.269 e. The summed E-state index contributed by atoms with van der Waals surface area (Å²) >= 11 is 0. The lowest BCUT2D eigenvalue weighted by molar-refractivity contribution is -0.384. The summed E-state index contributed by atoms with van der Waals surface area (Å²) in [7, 11) is 0. The van der Waals surface area contributed by atoms with E-state index >= 15 is 0 Å². The number of amides is 1. The van der Waals surface area contributed by atoms with Gasteiger partial charge in [-0.05, 0) is 18.6 Å². The van der Waals surface area contributed by atoms with Crippen LogP contribution in [0.15, 0.2) is 30.6 Å². The first-order valence-electron chi connectivity index (χ1n) is 6.09. The Hall–Kier alpha value is -2.70. The summed E-state index contributed by atoms with van der Waals surface area (Å²) in [5, 5.41) is 13.4. The third-order valence-corrected chi connectivity index (χ3v) is 2.87. The van der Waals surface area contributed by atoms with Crippen molar-refractivity contribution in [1.29, 1.82) is 0 Å². The molecule has 0 saturated carbocycles. The zero-order valence-electron chi connectivity index (χ0n) is 10.9. The molecule has 2 rings (SSSR count). The van der Waals surface area contributed by atoms with Crippen LogP contribution in [0, 0.1) is 17.0 Å². The number of hydrogen-bond acceptors (Lipinski definition) is 4. The Morgan fingerprint density at radius 2 is 2.30 bits per heavy atom. The van der Waals surface area contributed by atoms with E-state index in [0.29, 0.717) is 24.1 Å². The van der Waals surface area contributed by atoms with E-state index in [1.807, 2.05) is 0 Å². The van der Waals surface area contributed by atoms with Crippen molar-refractivity contribution in [2.45, 2.75) is 13.3 Å². The van der Waals surface area contributed by atoms with Gasteiger partial charge in [0.2, 0.25) is 0 Å². The number of aromatic nitrogens is 2. The molecule has 1 heterocycles. The molecule has 0 fully saturated rings. The van der Waals surface area contributed by atoms with Crippen molar-refractivity contribution < 1.29 is 9.72 Å². The standard InChI is InChI=1S/C13H14N4O3/c1-9-8-10(17(19)20)2-3-11(9)13(18)16-5-4-12-14-6-7-15-12/h2-3,6-8H,4-5H2,1H3,(H,14,15)(H,16,18). The molecule has 0 aliphatic heterocycles. The van der Waals surface area contributed by atoms with Gasteiger partial charge in [0.15, 0.2) is 0 Å². The normalized spacial score (nSPS) is 10.2. The fourth-order valence-electron chi connectivity index (χ4n) is 1.84. The summed E-state index contributed by atoms with van der Waals surface area (Å²) in [6.07, 6.45) is 3.97. The predicted octanol–water partition coefficient (Wildman–Crippen LogP) is 1.60. The van der Waals surface area contributed by atoms with Crippen molar-refractivity contribution in [1.82, 2.24) is 15.3 Å². The summed E-state index contributed by atoms with van der Waals surface area (Å²) < 4.78 is 0. The van der Waals surface area contributed by atoms with Crippen molar-refractivity contribution in [2.24, 2.45) is 0 Å². The van der Waals surface area contributed by atoms with Crippen molar-refractivity contribution in [2.75, 3.05) is 6.54 Å². The summed E-state index contributed by atoms with van der Waals surface area (Å²) in [6, 6.07) is 4.19. The molecule has 1 aromatic carbocycles. The number of hydrogen-bond donors (Lipinski definition) is 2. The number of nitrogens with zero attached hydrogens (tertiary/aromatic N) is 2. The van der Waals surface area contributed by atoms with E-state index in [1.165, 1.54) is 18.2 Å². The Morgan fingerprint density at radius 3 is 2.90 bits per heavy atom. The highest BCUT2D eigenvalue weighted by Gasteiger charge is 2.13. The summed E-state index contributed by atoms with van der Waals surface area (Å²) in [4.78, 5) is 29.1. The largest absolute Gasteiger partial charge is 0.352 e. The van der Waals surface area contributed by atoms with E-state index in [0.717, 1.165) is 5.82 Å². The van der Waals surface area contributed by atoms with Gasteiger partial charge in [0, 0.05) is 43.1 Å². The second-order valence-electron chi connectivity index (χ2n) is 4.30. The van der Waals surface area contributed by atoms with E-state index in [1.54, 1.807) is 19.3 Å². The van der Waals surface area contributed by atoms with Crippen molar-refractivity contribution in [3.05, 3.63) is 57.7 Å². The zero-order chi connectivity index (χ0) is 14.5. The number of rotatable bonds is 5. The van der Waals surface area contributed by atoms with Crippen LogP contribution in [0.3, 0.4) is 0 Å². The monoisotopic (exact) mass is 274 g/mol. The molecule has 0 unspecified atom stereocenters. The Bertz CT molecular complexity index is 623. The van der Waals surface area contributed by atoms with Gasteiger partial charge in [0.25, 0.3) is 11.6 Å². The Kier molecular flexibility index (Phi) is 4.09. The van der Waals surface area contributed by atoms with E-state index in [-0.39, 0.29) is 11.6 Å². The average molecular weight is 274 g/mol. The topological polar surface area (TPSA) is 101 Å². The molecule has 7 nitrogen and oxygen atoms in total. The maximum atomic E-state index is 12.0. The molecule has 104 valence electrons. The predicted molar refractivity (Wildman–Crippen MR) is 72.5 cm³/mol. The number of carbonyl (C=O) groups excluding carboxylic acids is 1. The number of aromatic amines is 1. The number of carbonyl (C=O) groups is 1. The highest BCUT2D eigenvalue weighted by molar-refractivity contribution is 5.95. The van der Waals surface area contributed by atoms with Gasteiger partial charge in [-0.2, -0.15) is 0 Å². The lowest BCUT2D eigenvalue weighted by Crippen LogP contribution is -2.26. The summed E-state index contributed by atoms with van der Waals surface area (Å²) in [5.74, 6) is 0.551. The van der Waals surface area contributed by atoms with Gasteiger partial charge in [-0.25, -0.2) is 4.98 Å². The number of imidazole rings is 1. The Balaban J connectivity index is 1.97. The molecule has 7 heteroatoms. The minimum atomic E-state index is -0.481. The lowest BCUT2D eigenvalue weighted by Gasteiger charge is -2.06. The van der Waals surface area contributed by atoms with Crippen molar-refractivity contribution in [3.63, 3.8) is 0 Å². The molecular weight excluding hydrogens is 260 g/mol. The molecule has 0 aliphatic carbocycles. The molecular formula is C13H14N4O3. The molecule has 0 bridgehead atoms. The second-order valence-corrected chi connectivity index (χ2v) is 4.30. The highest BCUT2D eigenvalue weighted by Crippen LogP contribution is 2.16. The van der Waals surface area contributed by atoms with Gasteiger partial charge in [-0.15, -0.1) is 0 Å². The minimum absolute atomic E-state index is 0.0189. The van der Waals surface area contributed by atoms with Crippen LogP contribution in [-0.4, -0.2) is 27.3 Å². The quantitative estimate of drug-likeness (QED) is 0.638. The third kappa shape index (κ3) is 3.19. The van der Waals surface area contributed by atoms with Crippen LogP contribution in [0.4, 0.5) is 5.69 Å². The molecule has 20 heavy (non-hydrogen) atoms. The molecule has 0 radical (unpaired) electrons.